The topological polar surface area (TPSA) is 42.9 Å². The molecule has 0 bridgehead atoms. The van der Waals surface area contributed by atoms with Crippen molar-refractivity contribution in [3.05, 3.63) is 17.5 Å². The van der Waals surface area contributed by atoms with Crippen molar-refractivity contribution in [1.82, 2.24) is 9.97 Å². The normalized spacial score (nSPS) is 12.5. The van der Waals surface area contributed by atoms with Gasteiger partial charge in [0.2, 0.25) is 0 Å². The molecule has 3 nitrogen and oxygen atoms in total. The van der Waals surface area contributed by atoms with Crippen molar-refractivity contribution >= 4 is 17.5 Å². The molecule has 0 radical (unpaired) electrons. The van der Waals surface area contributed by atoms with Crippen molar-refractivity contribution in [3.8, 4) is 0 Å². The SMILES string of the molecule is CCC(=O)C(C)Sc1nc(C)cc(C)n1. The summed E-state index contributed by atoms with van der Waals surface area (Å²) < 4.78 is 0. The van der Waals surface area contributed by atoms with Gasteiger partial charge in [-0.1, -0.05) is 18.7 Å². The minimum atomic E-state index is -0.0591. The van der Waals surface area contributed by atoms with Gasteiger partial charge in [-0.2, -0.15) is 0 Å². The first-order chi connectivity index (χ1) is 7.02. The van der Waals surface area contributed by atoms with E-state index in [0.717, 1.165) is 11.4 Å². The van der Waals surface area contributed by atoms with E-state index in [1.54, 1.807) is 0 Å². The van der Waals surface area contributed by atoms with E-state index < -0.39 is 0 Å². The highest BCUT2D eigenvalue weighted by molar-refractivity contribution is 8.00. The average Bonchev–Trinajstić information content (AvgIpc) is 2.14. The Hall–Kier alpha value is -0.900. The average molecular weight is 224 g/mol. The highest BCUT2D eigenvalue weighted by atomic mass is 32.2. The highest BCUT2D eigenvalue weighted by Crippen LogP contribution is 2.21. The molecule has 0 saturated heterocycles. The zero-order chi connectivity index (χ0) is 11.4. The van der Waals surface area contributed by atoms with Gasteiger partial charge in [0.25, 0.3) is 0 Å². The maximum absolute atomic E-state index is 11.4. The summed E-state index contributed by atoms with van der Waals surface area (Å²) in [6.07, 6.45) is 0.568. The van der Waals surface area contributed by atoms with Gasteiger partial charge in [-0.05, 0) is 26.8 Å². The van der Waals surface area contributed by atoms with E-state index in [9.17, 15) is 4.79 Å². The Balaban J connectivity index is 2.76. The Bertz CT molecular complexity index is 345. The van der Waals surface area contributed by atoms with Crippen LogP contribution in [0.5, 0.6) is 0 Å². The van der Waals surface area contributed by atoms with Crippen molar-refractivity contribution < 1.29 is 4.79 Å². The van der Waals surface area contributed by atoms with Crippen LogP contribution in [0.1, 0.15) is 31.7 Å². The molecule has 0 fully saturated rings. The summed E-state index contributed by atoms with van der Waals surface area (Å²) in [6.45, 7) is 7.65. The number of hydrogen-bond donors (Lipinski definition) is 0. The number of ketones is 1. The van der Waals surface area contributed by atoms with E-state index in [-0.39, 0.29) is 11.0 Å². The van der Waals surface area contributed by atoms with Crippen molar-refractivity contribution in [2.24, 2.45) is 0 Å². The number of aryl methyl sites for hydroxylation is 2. The van der Waals surface area contributed by atoms with Crippen LogP contribution in [0, 0.1) is 13.8 Å². The van der Waals surface area contributed by atoms with Crippen molar-refractivity contribution in [2.75, 3.05) is 0 Å². The van der Waals surface area contributed by atoms with Gasteiger partial charge in [0.1, 0.15) is 5.78 Å². The third kappa shape index (κ3) is 3.63. The van der Waals surface area contributed by atoms with Gasteiger partial charge in [0, 0.05) is 17.8 Å². The second-order valence-electron chi connectivity index (χ2n) is 3.51. The second kappa shape index (κ2) is 5.26. The molecular formula is C11H16N2OS. The number of hydrogen-bond acceptors (Lipinski definition) is 4. The number of aromatic nitrogens is 2. The molecule has 1 heterocycles. The van der Waals surface area contributed by atoms with Gasteiger partial charge in [-0.15, -0.1) is 0 Å². The summed E-state index contributed by atoms with van der Waals surface area (Å²) in [5, 5.41) is 0.637. The van der Waals surface area contributed by atoms with E-state index in [1.807, 2.05) is 33.8 Å². The number of carbonyl (C=O) groups is 1. The first kappa shape index (κ1) is 12.2. The highest BCUT2D eigenvalue weighted by Gasteiger charge is 2.14. The van der Waals surface area contributed by atoms with Gasteiger partial charge in [0.15, 0.2) is 5.16 Å². The van der Waals surface area contributed by atoms with Crippen molar-refractivity contribution in [3.63, 3.8) is 0 Å². The summed E-state index contributed by atoms with van der Waals surface area (Å²) in [7, 11) is 0. The van der Waals surface area contributed by atoms with Crippen LogP contribution in [0.25, 0.3) is 0 Å². The first-order valence-electron chi connectivity index (χ1n) is 5.04. The predicted octanol–water partition coefficient (Wildman–Crippen LogP) is 2.55. The molecule has 0 saturated carbocycles. The van der Waals surface area contributed by atoms with Crippen LogP contribution < -0.4 is 0 Å². The first-order valence-corrected chi connectivity index (χ1v) is 5.92. The van der Waals surface area contributed by atoms with E-state index in [2.05, 4.69) is 9.97 Å². The Kier molecular flexibility index (Phi) is 4.27. The summed E-state index contributed by atoms with van der Waals surface area (Å²) in [5.41, 5.74) is 1.89. The van der Waals surface area contributed by atoms with E-state index in [0.29, 0.717) is 11.6 Å². The Morgan fingerprint density at radius 2 is 1.93 bits per heavy atom. The van der Waals surface area contributed by atoms with Gasteiger partial charge in [0.05, 0.1) is 5.25 Å². The number of Topliss-reactive ketones (excluding diaryl/α,β-unsaturated/α-hetero) is 1. The predicted molar refractivity (Wildman–Crippen MR) is 62.1 cm³/mol. The molecule has 1 aromatic rings. The van der Waals surface area contributed by atoms with Gasteiger partial charge >= 0.3 is 0 Å². The molecule has 4 heteroatoms. The molecule has 0 N–H and O–H groups in total. The number of thioether (sulfide) groups is 1. The minimum Gasteiger partial charge on any atom is -0.298 e. The second-order valence-corrected chi connectivity index (χ2v) is 4.82. The fourth-order valence-corrected chi connectivity index (χ4v) is 2.27. The maximum Gasteiger partial charge on any atom is 0.188 e. The lowest BCUT2D eigenvalue weighted by molar-refractivity contribution is -0.118. The number of nitrogens with zero attached hydrogens (tertiary/aromatic N) is 2. The van der Waals surface area contributed by atoms with Crippen LogP contribution in [0.2, 0.25) is 0 Å². The lowest BCUT2D eigenvalue weighted by Gasteiger charge is -2.08. The summed E-state index contributed by atoms with van der Waals surface area (Å²) >= 11 is 1.43. The fraction of sp³-hybridized carbons (Fsp3) is 0.545. The molecule has 0 amide bonds. The maximum atomic E-state index is 11.4. The van der Waals surface area contributed by atoms with Crippen LogP contribution in [0.4, 0.5) is 0 Å². The van der Waals surface area contributed by atoms with Crippen LogP contribution in [-0.2, 0) is 4.79 Å². The van der Waals surface area contributed by atoms with Gasteiger partial charge in [-0.3, -0.25) is 4.79 Å². The Labute approximate surface area is 94.7 Å². The van der Waals surface area contributed by atoms with E-state index in [4.69, 9.17) is 0 Å². The molecule has 0 aromatic carbocycles. The lowest BCUT2D eigenvalue weighted by Crippen LogP contribution is -2.12. The number of rotatable bonds is 4. The fourth-order valence-electron chi connectivity index (χ4n) is 1.26. The molecule has 0 spiro atoms. The van der Waals surface area contributed by atoms with E-state index >= 15 is 0 Å². The third-order valence-electron chi connectivity index (χ3n) is 2.05. The lowest BCUT2D eigenvalue weighted by atomic mass is 10.2. The quantitative estimate of drug-likeness (QED) is 0.582. The number of carbonyl (C=O) groups excluding carboxylic acids is 1. The molecule has 0 aliphatic rings. The molecule has 0 aliphatic carbocycles. The molecule has 1 aromatic heterocycles. The molecule has 1 atom stereocenters. The van der Waals surface area contributed by atoms with Crippen LogP contribution in [0.3, 0.4) is 0 Å². The molecule has 1 rings (SSSR count). The van der Waals surface area contributed by atoms with E-state index in [1.165, 1.54) is 11.8 Å². The Morgan fingerprint density at radius 3 is 2.40 bits per heavy atom. The monoisotopic (exact) mass is 224 g/mol. The smallest absolute Gasteiger partial charge is 0.188 e. The van der Waals surface area contributed by atoms with Crippen LogP contribution >= 0.6 is 11.8 Å². The van der Waals surface area contributed by atoms with Crippen LogP contribution in [-0.4, -0.2) is 21.0 Å². The standard InChI is InChI=1S/C11H16N2OS/c1-5-10(14)9(4)15-11-12-7(2)6-8(3)13-11/h6,9H,5H2,1-4H3. The molecule has 1 unspecified atom stereocenters. The Morgan fingerprint density at radius 1 is 1.40 bits per heavy atom. The minimum absolute atomic E-state index is 0.0591. The zero-order valence-electron chi connectivity index (χ0n) is 9.57. The molecule has 82 valence electrons. The summed E-state index contributed by atoms with van der Waals surface area (Å²) in [6, 6.07) is 1.93. The zero-order valence-corrected chi connectivity index (χ0v) is 10.4. The van der Waals surface area contributed by atoms with Gasteiger partial charge in [-0.25, -0.2) is 9.97 Å². The largest absolute Gasteiger partial charge is 0.298 e. The third-order valence-corrected chi connectivity index (χ3v) is 3.06. The summed E-state index contributed by atoms with van der Waals surface area (Å²) in [5.74, 6) is 0.239. The molecule has 15 heavy (non-hydrogen) atoms. The van der Waals surface area contributed by atoms with Crippen LogP contribution in [0.15, 0.2) is 11.2 Å². The van der Waals surface area contributed by atoms with Crippen molar-refractivity contribution in [1.29, 1.82) is 0 Å². The molecular weight excluding hydrogens is 208 g/mol. The van der Waals surface area contributed by atoms with Gasteiger partial charge < -0.3 is 0 Å². The van der Waals surface area contributed by atoms with Crippen molar-refractivity contribution in [2.45, 2.75) is 44.5 Å². The molecule has 0 aliphatic heterocycles. The summed E-state index contributed by atoms with van der Waals surface area (Å²) in [4.78, 5) is 20.0.